The summed E-state index contributed by atoms with van der Waals surface area (Å²) in [7, 11) is 3.92. The van der Waals surface area contributed by atoms with Crippen molar-refractivity contribution in [2.24, 2.45) is 5.41 Å². The molecule has 0 bridgehead atoms. The first-order valence-electron chi connectivity index (χ1n) is 11.7. The van der Waals surface area contributed by atoms with Gasteiger partial charge >= 0.3 is 0 Å². The van der Waals surface area contributed by atoms with E-state index in [1.54, 1.807) is 13.0 Å². The largest absolute Gasteiger partial charge is 0.355 e. The molecular formula is C28H39FN2O2. The summed E-state index contributed by atoms with van der Waals surface area (Å²) in [5.41, 5.74) is 3.01. The smallest absolute Gasteiger partial charge is 0.220 e. The fraction of sp³-hybridized carbons (Fsp3) is 0.500. The van der Waals surface area contributed by atoms with Crippen molar-refractivity contribution < 1.29 is 14.0 Å². The van der Waals surface area contributed by atoms with Gasteiger partial charge in [-0.3, -0.25) is 9.59 Å². The van der Waals surface area contributed by atoms with Crippen molar-refractivity contribution in [1.82, 2.24) is 10.2 Å². The minimum atomic E-state index is -0.472. The summed E-state index contributed by atoms with van der Waals surface area (Å²) in [4.78, 5) is 26.9. The molecule has 0 saturated carbocycles. The number of likely N-dealkylation sites (N-methyl/N-ethyl adjacent to an activating group) is 1. The molecule has 2 rings (SSSR count). The van der Waals surface area contributed by atoms with Gasteiger partial charge in [-0.25, -0.2) is 4.39 Å². The lowest BCUT2D eigenvalue weighted by atomic mass is 9.74. The van der Waals surface area contributed by atoms with E-state index in [0.29, 0.717) is 19.4 Å². The summed E-state index contributed by atoms with van der Waals surface area (Å²) in [6.45, 7) is 10.6. The molecule has 1 amide bonds. The fourth-order valence-corrected chi connectivity index (χ4v) is 4.14. The van der Waals surface area contributed by atoms with Crippen molar-refractivity contribution >= 4 is 11.7 Å². The minimum Gasteiger partial charge on any atom is -0.355 e. The maximum atomic E-state index is 14.5. The number of Topliss-reactive ketones (excluding diaryl/α,β-unsaturated/α-hetero) is 1. The molecule has 2 aromatic carbocycles. The highest BCUT2D eigenvalue weighted by Gasteiger charge is 2.28. The Labute approximate surface area is 198 Å². The van der Waals surface area contributed by atoms with Crippen molar-refractivity contribution in [3.63, 3.8) is 0 Å². The van der Waals surface area contributed by atoms with E-state index in [1.165, 1.54) is 6.07 Å². The summed E-state index contributed by atoms with van der Waals surface area (Å²) in [6, 6.07) is 13.3. The fourth-order valence-electron chi connectivity index (χ4n) is 4.14. The Balaban J connectivity index is 2.09. The number of carbonyl (C=O) groups excluding carboxylic acids is 2. The molecule has 2 atom stereocenters. The number of hydrogen-bond donors (Lipinski definition) is 1. The lowest BCUT2D eigenvalue weighted by Gasteiger charge is -2.31. The Kier molecular flexibility index (Phi) is 9.35. The van der Waals surface area contributed by atoms with Crippen LogP contribution in [0.3, 0.4) is 0 Å². The molecule has 5 heteroatoms. The predicted octanol–water partition coefficient (Wildman–Crippen LogP) is 5.54. The molecule has 0 aliphatic rings. The number of carbonyl (C=O) groups is 2. The lowest BCUT2D eigenvalue weighted by Crippen LogP contribution is -2.42. The van der Waals surface area contributed by atoms with Gasteiger partial charge in [0.2, 0.25) is 5.91 Å². The van der Waals surface area contributed by atoms with Crippen LogP contribution in [0, 0.1) is 18.2 Å². The topological polar surface area (TPSA) is 49.4 Å². The SMILES string of the molecule is CCC(=O)c1cc(C)c(C[C@@H](CNC(=O)C[C@H](c2ccccc2)C(C)(C)C)N(C)C)cc1F. The molecule has 1 N–H and O–H groups in total. The number of aryl methyl sites for hydroxylation is 1. The summed E-state index contributed by atoms with van der Waals surface area (Å²) in [6.07, 6.45) is 1.27. The lowest BCUT2D eigenvalue weighted by molar-refractivity contribution is -0.122. The monoisotopic (exact) mass is 454 g/mol. The number of hydrogen-bond acceptors (Lipinski definition) is 3. The molecule has 0 saturated heterocycles. The maximum Gasteiger partial charge on any atom is 0.220 e. The third-order valence-corrected chi connectivity index (χ3v) is 6.40. The van der Waals surface area contributed by atoms with Crippen molar-refractivity contribution in [1.29, 1.82) is 0 Å². The molecule has 180 valence electrons. The zero-order chi connectivity index (χ0) is 24.8. The first kappa shape index (κ1) is 26.7. The van der Waals surface area contributed by atoms with Crippen LogP contribution < -0.4 is 5.32 Å². The molecule has 0 fully saturated rings. The third-order valence-electron chi connectivity index (χ3n) is 6.40. The van der Waals surface area contributed by atoms with E-state index < -0.39 is 5.82 Å². The highest BCUT2D eigenvalue weighted by atomic mass is 19.1. The average Bonchev–Trinajstić information content (AvgIpc) is 2.75. The first-order chi connectivity index (χ1) is 15.4. The number of nitrogens with one attached hydrogen (secondary N) is 1. The van der Waals surface area contributed by atoms with Gasteiger partial charge in [0.15, 0.2) is 5.78 Å². The molecule has 4 nitrogen and oxygen atoms in total. The van der Waals surface area contributed by atoms with Gasteiger partial charge < -0.3 is 10.2 Å². The van der Waals surface area contributed by atoms with Crippen LogP contribution in [-0.4, -0.2) is 43.3 Å². The van der Waals surface area contributed by atoms with Crippen LogP contribution in [0.4, 0.5) is 4.39 Å². The second-order valence-electron chi connectivity index (χ2n) is 10.2. The Bertz CT molecular complexity index is 948. The van der Waals surface area contributed by atoms with Crippen LogP contribution in [-0.2, 0) is 11.2 Å². The number of rotatable bonds is 10. The average molecular weight is 455 g/mol. The van der Waals surface area contributed by atoms with Gasteiger partial charge in [-0.05, 0) is 67.6 Å². The number of amides is 1. The van der Waals surface area contributed by atoms with Crippen molar-refractivity contribution in [2.45, 2.75) is 65.8 Å². The molecule has 0 aliphatic carbocycles. The summed E-state index contributed by atoms with van der Waals surface area (Å²) >= 11 is 0. The van der Waals surface area contributed by atoms with Gasteiger partial charge in [-0.2, -0.15) is 0 Å². The van der Waals surface area contributed by atoms with E-state index in [-0.39, 0.29) is 41.0 Å². The number of halogens is 1. The van der Waals surface area contributed by atoms with E-state index in [0.717, 1.165) is 16.7 Å². The van der Waals surface area contributed by atoms with E-state index in [9.17, 15) is 14.0 Å². The summed E-state index contributed by atoms with van der Waals surface area (Å²) < 4.78 is 14.5. The van der Waals surface area contributed by atoms with Crippen LogP contribution in [0.25, 0.3) is 0 Å². The second kappa shape index (κ2) is 11.6. The van der Waals surface area contributed by atoms with Gasteiger partial charge in [0.1, 0.15) is 5.82 Å². The van der Waals surface area contributed by atoms with Crippen molar-refractivity contribution in [3.8, 4) is 0 Å². The van der Waals surface area contributed by atoms with Crippen LogP contribution >= 0.6 is 0 Å². The summed E-state index contributed by atoms with van der Waals surface area (Å²) in [5.74, 6) is -0.542. The standard InChI is InChI=1S/C28H39FN2O2/c1-8-26(32)23-14-19(2)21(16-25(23)29)15-22(31(6)7)18-30-27(33)17-24(28(3,4)5)20-12-10-9-11-13-20/h9-14,16,22,24H,8,15,17-18H2,1-7H3,(H,30,33)/t22-,24+/m0/s1. The van der Waals surface area contributed by atoms with Gasteiger partial charge in [0.05, 0.1) is 5.56 Å². The number of ketones is 1. The van der Waals surface area contributed by atoms with Gasteiger partial charge in [0, 0.05) is 25.4 Å². The molecular weight excluding hydrogens is 415 g/mol. The molecule has 2 aromatic rings. The van der Waals surface area contributed by atoms with Crippen LogP contribution in [0.15, 0.2) is 42.5 Å². The molecule has 0 heterocycles. The van der Waals surface area contributed by atoms with Gasteiger partial charge in [-0.15, -0.1) is 0 Å². The van der Waals surface area contributed by atoms with E-state index >= 15 is 0 Å². The van der Waals surface area contributed by atoms with Crippen LogP contribution in [0.1, 0.15) is 73.5 Å². The van der Waals surface area contributed by atoms with Crippen molar-refractivity contribution in [2.75, 3.05) is 20.6 Å². The minimum absolute atomic E-state index is 0.00425. The molecule has 0 aliphatic heterocycles. The normalized spacial score (nSPS) is 13.6. The summed E-state index contributed by atoms with van der Waals surface area (Å²) in [5, 5.41) is 3.10. The second-order valence-corrected chi connectivity index (χ2v) is 10.2. The van der Waals surface area contributed by atoms with Gasteiger partial charge in [0.25, 0.3) is 0 Å². The molecule has 0 radical (unpaired) electrons. The van der Waals surface area contributed by atoms with Gasteiger partial charge in [-0.1, -0.05) is 58.0 Å². The van der Waals surface area contributed by atoms with E-state index in [4.69, 9.17) is 0 Å². The molecule has 0 spiro atoms. The van der Waals surface area contributed by atoms with Crippen LogP contribution in [0.5, 0.6) is 0 Å². The third kappa shape index (κ3) is 7.50. The molecule has 33 heavy (non-hydrogen) atoms. The number of benzene rings is 2. The van der Waals surface area contributed by atoms with Crippen LogP contribution in [0.2, 0.25) is 0 Å². The van der Waals surface area contributed by atoms with E-state index in [1.807, 2.05) is 44.1 Å². The molecule has 0 aromatic heterocycles. The molecule has 0 unspecified atom stereocenters. The Hall–Kier alpha value is -2.53. The zero-order valence-electron chi connectivity index (χ0n) is 21.2. The maximum absolute atomic E-state index is 14.5. The Morgan fingerprint density at radius 3 is 2.27 bits per heavy atom. The zero-order valence-corrected chi connectivity index (χ0v) is 21.2. The highest BCUT2D eigenvalue weighted by Crippen LogP contribution is 2.37. The first-order valence-corrected chi connectivity index (χ1v) is 11.7. The van der Waals surface area contributed by atoms with E-state index in [2.05, 4.69) is 38.2 Å². The Morgan fingerprint density at radius 1 is 1.09 bits per heavy atom. The predicted molar refractivity (Wildman–Crippen MR) is 133 cm³/mol. The highest BCUT2D eigenvalue weighted by molar-refractivity contribution is 5.96. The number of nitrogens with zero attached hydrogens (tertiary/aromatic N) is 1. The van der Waals surface area contributed by atoms with Crippen molar-refractivity contribution in [3.05, 3.63) is 70.5 Å². The Morgan fingerprint density at radius 2 is 1.73 bits per heavy atom. The quantitative estimate of drug-likeness (QED) is 0.480.